The molecule has 1 amide bonds. The standard InChI is InChI=1S/C24H26N4O4S2/c1-15(2)31-11-5-9-25-21-18(22(29)27-13-16(3)7-8-20(27)26-21)12-19-23(30)28(24(33)34-19)14-17-6-4-10-32-17/h4,6-8,10,12-13,15,25H,5,9,11,14H2,1-3H3. The molecule has 0 aliphatic carbocycles. The zero-order chi connectivity index (χ0) is 24.2. The summed E-state index contributed by atoms with van der Waals surface area (Å²) in [6.45, 7) is 7.29. The van der Waals surface area contributed by atoms with E-state index >= 15 is 0 Å². The maximum Gasteiger partial charge on any atom is 0.267 e. The summed E-state index contributed by atoms with van der Waals surface area (Å²) in [6, 6.07) is 7.25. The number of aromatic nitrogens is 2. The van der Waals surface area contributed by atoms with Crippen LogP contribution in [0.1, 0.15) is 37.2 Å². The number of hydrogen-bond acceptors (Lipinski definition) is 8. The van der Waals surface area contributed by atoms with E-state index in [1.165, 1.54) is 9.30 Å². The molecule has 4 heterocycles. The highest BCUT2D eigenvalue weighted by molar-refractivity contribution is 8.26. The van der Waals surface area contributed by atoms with Gasteiger partial charge in [-0.3, -0.25) is 18.9 Å². The maximum absolute atomic E-state index is 13.4. The Kier molecular flexibility index (Phi) is 7.50. The summed E-state index contributed by atoms with van der Waals surface area (Å²) in [7, 11) is 0. The van der Waals surface area contributed by atoms with Crippen molar-refractivity contribution in [3.05, 3.63) is 68.9 Å². The van der Waals surface area contributed by atoms with E-state index in [-0.39, 0.29) is 24.1 Å². The highest BCUT2D eigenvalue weighted by atomic mass is 32.2. The lowest BCUT2D eigenvalue weighted by Gasteiger charge is -2.13. The number of pyridine rings is 1. The molecule has 0 spiro atoms. The molecule has 10 heteroatoms. The topological polar surface area (TPSA) is 89.1 Å². The van der Waals surface area contributed by atoms with Gasteiger partial charge >= 0.3 is 0 Å². The number of carbonyl (C=O) groups is 1. The summed E-state index contributed by atoms with van der Waals surface area (Å²) >= 11 is 6.58. The van der Waals surface area contributed by atoms with E-state index in [0.717, 1.165) is 23.7 Å². The number of aryl methyl sites for hydroxylation is 1. The number of furan rings is 1. The van der Waals surface area contributed by atoms with Crippen molar-refractivity contribution in [3.63, 3.8) is 0 Å². The molecule has 34 heavy (non-hydrogen) atoms. The number of ether oxygens (including phenoxy) is 1. The predicted molar refractivity (Wildman–Crippen MR) is 138 cm³/mol. The van der Waals surface area contributed by atoms with Gasteiger partial charge in [-0.25, -0.2) is 4.98 Å². The van der Waals surface area contributed by atoms with E-state index in [9.17, 15) is 9.59 Å². The lowest BCUT2D eigenvalue weighted by molar-refractivity contribution is -0.122. The lowest BCUT2D eigenvalue weighted by Crippen LogP contribution is -2.27. The number of hydrogen-bond donors (Lipinski definition) is 1. The van der Waals surface area contributed by atoms with Crippen LogP contribution >= 0.6 is 24.0 Å². The third kappa shape index (κ3) is 5.40. The minimum absolute atomic E-state index is 0.158. The zero-order valence-corrected chi connectivity index (χ0v) is 20.9. The Bertz CT molecular complexity index is 1300. The maximum atomic E-state index is 13.4. The van der Waals surface area contributed by atoms with E-state index in [1.54, 1.807) is 36.7 Å². The first-order valence-corrected chi connectivity index (χ1v) is 12.2. The normalized spacial score (nSPS) is 15.3. The van der Waals surface area contributed by atoms with Crippen LogP contribution in [-0.4, -0.2) is 43.8 Å². The van der Waals surface area contributed by atoms with E-state index in [1.807, 2.05) is 26.8 Å². The van der Waals surface area contributed by atoms with Gasteiger partial charge in [0.1, 0.15) is 21.5 Å². The summed E-state index contributed by atoms with van der Waals surface area (Å²) in [5, 5.41) is 3.25. The molecule has 1 saturated heterocycles. The number of fused-ring (bicyclic) bond motifs is 1. The second kappa shape index (κ2) is 10.5. The number of nitrogens with one attached hydrogen (secondary N) is 1. The molecule has 0 atom stereocenters. The fraction of sp³-hybridized carbons (Fsp3) is 0.333. The minimum Gasteiger partial charge on any atom is -0.467 e. The molecule has 0 saturated carbocycles. The fourth-order valence-corrected chi connectivity index (χ4v) is 4.68. The Hall–Kier alpha value is -2.95. The smallest absolute Gasteiger partial charge is 0.267 e. The highest BCUT2D eigenvalue weighted by Crippen LogP contribution is 2.34. The van der Waals surface area contributed by atoms with Crippen molar-refractivity contribution in [2.24, 2.45) is 0 Å². The first-order chi connectivity index (χ1) is 16.3. The summed E-state index contributed by atoms with van der Waals surface area (Å²) in [4.78, 5) is 33.0. The quantitative estimate of drug-likeness (QED) is 0.266. The first-order valence-electron chi connectivity index (χ1n) is 11.0. The van der Waals surface area contributed by atoms with Crippen LogP contribution < -0.4 is 10.9 Å². The van der Waals surface area contributed by atoms with Gasteiger partial charge in [0.05, 0.1) is 29.4 Å². The monoisotopic (exact) mass is 498 g/mol. The average Bonchev–Trinajstić information content (AvgIpc) is 3.40. The summed E-state index contributed by atoms with van der Waals surface area (Å²) in [5.74, 6) is 0.789. The van der Waals surface area contributed by atoms with Crippen molar-refractivity contribution in [2.45, 2.75) is 39.8 Å². The Balaban J connectivity index is 1.66. The molecule has 0 bridgehead atoms. The van der Waals surface area contributed by atoms with Crippen LogP contribution in [-0.2, 0) is 16.1 Å². The lowest BCUT2D eigenvalue weighted by atomic mass is 10.2. The van der Waals surface area contributed by atoms with Crippen LogP contribution in [0.5, 0.6) is 0 Å². The Morgan fingerprint density at radius 3 is 2.85 bits per heavy atom. The number of amides is 1. The van der Waals surface area contributed by atoms with E-state index in [0.29, 0.717) is 45.2 Å². The Labute approximate surface area is 207 Å². The van der Waals surface area contributed by atoms with Crippen LogP contribution in [0.2, 0.25) is 0 Å². The first kappa shape index (κ1) is 24.2. The minimum atomic E-state index is -0.267. The van der Waals surface area contributed by atoms with Crippen molar-refractivity contribution in [2.75, 3.05) is 18.5 Å². The van der Waals surface area contributed by atoms with Gasteiger partial charge in [-0.2, -0.15) is 0 Å². The molecular formula is C24H26N4O4S2. The van der Waals surface area contributed by atoms with Crippen molar-refractivity contribution < 1.29 is 13.9 Å². The summed E-state index contributed by atoms with van der Waals surface area (Å²) in [6.07, 6.45) is 5.78. The fourth-order valence-electron chi connectivity index (χ4n) is 3.45. The molecule has 1 aliphatic rings. The van der Waals surface area contributed by atoms with Gasteiger partial charge in [0.2, 0.25) is 0 Å². The molecule has 0 radical (unpaired) electrons. The molecule has 4 rings (SSSR count). The third-order valence-electron chi connectivity index (χ3n) is 5.11. The Morgan fingerprint density at radius 2 is 2.12 bits per heavy atom. The number of nitrogens with zero attached hydrogens (tertiary/aromatic N) is 3. The molecular weight excluding hydrogens is 472 g/mol. The molecule has 1 fully saturated rings. The van der Waals surface area contributed by atoms with Gasteiger partial charge in [0, 0.05) is 19.3 Å². The van der Waals surface area contributed by atoms with E-state index < -0.39 is 0 Å². The molecule has 3 aromatic heterocycles. The Morgan fingerprint density at radius 1 is 1.29 bits per heavy atom. The molecule has 8 nitrogen and oxygen atoms in total. The second-order valence-corrected chi connectivity index (χ2v) is 9.84. The summed E-state index contributed by atoms with van der Waals surface area (Å²) in [5.41, 5.74) is 1.51. The largest absolute Gasteiger partial charge is 0.467 e. The number of carbonyl (C=O) groups excluding carboxylic acids is 1. The van der Waals surface area contributed by atoms with Gasteiger partial charge < -0.3 is 14.5 Å². The van der Waals surface area contributed by atoms with Gasteiger partial charge in [0.25, 0.3) is 11.5 Å². The van der Waals surface area contributed by atoms with Crippen LogP contribution in [0.3, 0.4) is 0 Å². The molecule has 1 N–H and O–H groups in total. The number of anilines is 1. The predicted octanol–water partition coefficient (Wildman–Crippen LogP) is 4.22. The second-order valence-electron chi connectivity index (χ2n) is 8.16. The van der Waals surface area contributed by atoms with Crippen LogP contribution in [0, 0.1) is 6.92 Å². The van der Waals surface area contributed by atoms with Crippen molar-refractivity contribution in [1.82, 2.24) is 14.3 Å². The van der Waals surface area contributed by atoms with Gasteiger partial charge in [-0.1, -0.05) is 30.0 Å². The molecule has 0 aromatic carbocycles. The van der Waals surface area contributed by atoms with Gasteiger partial charge in [0.15, 0.2) is 0 Å². The van der Waals surface area contributed by atoms with Crippen molar-refractivity contribution >= 4 is 51.7 Å². The third-order valence-corrected chi connectivity index (χ3v) is 6.49. The molecule has 1 aliphatic heterocycles. The molecule has 178 valence electrons. The van der Waals surface area contributed by atoms with Crippen LogP contribution in [0.4, 0.5) is 5.82 Å². The summed E-state index contributed by atoms with van der Waals surface area (Å²) < 4.78 is 12.9. The number of thiocarbonyl (C=S) groups is 1. The number of rotatable bonds is 9. The van der Waals surface area contributed by atoms with Crippen molar-refractivity contribution in [1.29, 1.82) is 0 Å². The number of thioether (sulfide) groups is 1. The van der Waals surface area contributed by atoms with Crippen LogP contribution in [0.25, 0.3) is 11.7 Å². The van der Waals surface area contributed by atoms with Gasteiger partial charge in [-0.05, 0) is 57.0 Å². The molecule has 0 unspecified atom stereocenters. The average molecular weight is 499 g/mol. The molecule has 3 aromatic rings. The highest BCUT2D eigenvalue weighted by Gasteiger charge is 2.33. The zero-order valence-electron chi connectivity index (χ0n) is 19.2. The van der Waals surface area contributed by atoms with E-state index in [4.69, 9.17) is 21.4 Å². The van der Waals surface area contributed by atoms with Crippen molar-refractivity contribution in [3.8, 4) is 0 Å². The SMILES string of the molecule is Cc1ccc2nc(NCCCOC(C)C)c(C=C3SC(=S)N(Cc4ccco4)C3=O)c(=O)n2c1. The van der Waals surface area contributed by atoms with Gasteiger partial charge in [-0.15, -0.1) is 0 Å². The van der Waals surface area contributed by atoms with Crippen LogP contribution in [0.15, 0.2) is 50.8 Å². The van der Waals surface area contributed by atoms with E-state index in [2.05, 4.69) is 10.3 Å².